The fourth-order valence-corrected chi connectivity index (χ4v) is 3.23. The summed E-state index contributed by atoms with van der Waals surface area (Å²) in [5.41, 5.74) is 1.65. The number of para-hydroxylation sites is 1. The number of benzene rings is 2. The van der Waals surface area contributed by atoms with Crippen molar-refractivity contribution in [3.05, 3.63) is 53.6 Å². The van der Waals surface area contributed by atoms with Crippen molar-refractivity contribution in [2.24, 2.45) is 0 Å². The van der Waals surface area contributed by atoms with E-state index in [-0.39, 0.29) is 17.2 Å². The monoisotopic (exact) mass is 384 g/mol. The number of piperazine rings is 1. The summed E-state index contributed by atoms with van der Waals surface area (Å²) in [4.78, 5) is 27.4. The molecule has 2 aromatic carbocycles. The van der Waals surface area contributed by atoms with Crippen LogP contribution in [0.5, 0.6) is 11.5 Å². The number of anilines is 1. The smallest absolute Gasteiger partial charge is 0.339 e. The second kappa shape index (κ2) is 8.65. The number of phenols is 1. The largest absolute Gasteiger partial charge is 0.507 e. The molecule has 1 heterocycles. The molecule has 2 aromatic rings. The van der Waals surface area contributed by atoms with Crippen LogP contribution in [0.3, 0.4) is 0 Å². The van der Waals surface area contributed by atoms with Crippen molar-refractivity contribution < 1.29 is 24.5 Å². The summed E-state index contributed by atoms with van der Waals surface area (Å²) in [6, 6.07) is 12.2. The van der Waals surface area contributed by atoms with Crippen LogP contribution in [-0.4, -0.2) is 59.8 Å². The van der Waals surface area contributed by atoms with Crippen LogP contribution in [-0.2, 0) is 4.79 Å². The summed E-state index contributed by atoms with van der Waals surface area (Å²) in [5, 5.41) is 18.8. The molecule has 0 bridgehead atoms. The summed E-state index contributed by atoms with van der Waals surface area (Å²) >= 11 is 0. The lowest BCUT2D eigenvalue weighted by molar-refractivity contribution is -0.132. The van der Waals surface area contributed by atoms with E-state index in [4.69, 9.17) is 9.84 Å². The molecule has 1 fully saturated rings. The second-order valence-corrected chi connectivity index (χ2v) is 6.74. The number of carbonyl (C=O) groups is 2. The number of hydrogen-bond acceptors (Lipinski definition) is 5. The van der Waals surface area contributed by atoms with Gasteiger partial charge in [0.2, 0.25) is 5.91 Å². The van der Waals surface area contributed by atoms with Gasteiger partial charge < -0.3 is 24.7 Å². The minimum atomic E-state index is -1.16. The van der Waals surface area contributed by atoms with Gasteiger partial charge in [-0.1, -0.05) is 18.2 Å². The van der Waals surface area contributed by atoms with Gasteiger partial charge in [-0.3, -0.25) is 4.79 Å². The van der Waals surface area contributed by atoms with Gasteiger partial charge in [-0.05, 0) is 36.8 Å². The van der Waals surface area contributed by atoms with E-state index in [0.29, 0.717) is 39.2 Å². The van der Waals surface area contributed by atoms with Gasteiger partial charge in [0.1, 0.15) is 17.1 Å². The third-order valence-electron chi connectivity index (χ3n) is 4.88. The highest BCUT2D eigenvalue weighted by molar-refractivity contribution is 5.92. The Morgan fingerprint density at radius 3 is 2.46 bits per heavy atom. The van der Waals surface area contributed by atoms with Crippen LogP contribution in [0.1, 0.15) is 22.3 Å². The number of amides is 1. The molecule has 1 aliphatic heterocycles. The van der Waals surface area contributed by atoms with Gasteiger partial charge in [-0.25, -0.2) is 4.79 Å². The van der Waals surface area contributed by atoms with E-state index < -0.39 is 5.97 Å². The standard InChI is InChI=1S/C21H24N2O5/c1-15-4-2-3-5-19(15)28-13-8-20(25)23-11-9-22(10-12-23)16-6-7-18(24)17(14-16)21(26)27/h2-7,14,24H,8-13H2,1H3,(H,26,27). The summed E-state index contributed by atoms with van der Waals surface area (Å²) in [6.07, 6.45) is 0.316. The van der Waals surface area contributed by atoms with E-state index in [1.807, 2.05) is 36.1 Å². The number of hydrogen-bond donors (Lipinski definition) is 2. The number of ether oxygens (including phenoxy) is 1. The maximum Gasteiger partial charge on any atom is 0.339 e. The normalized spacial score (nSPS) is 14.0. The van der Waals surface area contributed by atoms with Crippen molar-refractivity contribution in [2.75, 3.05) is 37.7 Å². The third kappa shape index (κ3) is 4.54. The zero-order chi connectivity index (χ0) is 20.1. The fraction of sp³-hybridized carbons (Fsp3) is 0.333. The van der Waals surface area contributed by atoms with E-state index in [0.717, 1.165) is 17.0 Å². The average Bonchev–Trinajstić information content (AvgIpc) is 2.69. The van der Waals surface area contributed by atoms with Crippen LogP contribution in [0.4, 0.5) is 5.69 Å². The van der Waals surface area contributed by atoms with Crippen LogP contribution in [0.15, 0.2) is 42.5 Å². The van der Waals surface area contributed by atoms with Gasteiger partial charge in [-0.2, -0.15) is 0 Å². The molecule has 2 N–H and O–H groups in total. The van der Waals surface area contributed by atoms with Gasteiger partial charge in [0, 0.05) is 31.9 Å². The average molecular weight is 384 g/mol. The Hall–Kier alpha value is -3.22. The molecule has 0 saturated carbocycles. The van der Waals surface area contributed by atoms with Gasteiger partial charge in [-0.15, -0.1) is 0 Å². The first-order valence-corrected chi connectivity index (χ1v) is 9.23. The topological polar surface area (TPSA) is 90.3 Å². The Bertz CT molecular complexity index is 860. The first-order chi connectivity index (χ1) is 13.5. The second-order valence-electron chi connectivity index (χ2n) is 6.74. The van der Waals surface area contributed by atoms with E-state index in [2.05, 4.69) is 0 Å². The molecule has 148 valence electrons. The molecule has 7 heteroatoms. The molecule has 0 unspecified atom stereocenters. The SMILES string of the molecule is Cc1ccccc1OCCC(=O)N1CCN(c2ccc(O)c(C(=O)O)c2)CC1. The molecular formula is C21H24N2O5. The molecule has 0 radical (unpaired) electrons. The van der Waals surface area contributed by atoms with E-state index in [1.165, 1.54) is 12.1 Å². The highest BCUT2D eigenvalue weighted by Crippen LogP contribution is 2.25. The minimum Gasteiger partial charge on any atom is -0.507 e. The fourth-order valence-electron chi connectivity index (χ4n) is 3.23. The van der Waals surface area contributed by atoms with Gasteiger partial charge in [0.15, 0.2) is 0 Å². The summed E-state index contributed by atoms with van der Waals surface area (Å²) in [6.45, 7) is 4.64. The van der Waals surface area contributed by atoms with Crippen LogP contribution >= 0.6 is 0 Å². The van der Waals surface area contributed by atoms with Crippen LogP contribution in [0, 0.1) is 6.92 Å². The van der Waals surface area contributed by atoms with Gasteiger partial charge in [0.25, 0.3) is 0 Å². The molecule has 0 atom stereocenters. The highest BCUT2D eigenvalue weighted by atomic mass is 16.5. The Kier molecular flexibility index (Phi) is 6.03. The number of aromatic carboxylic acids is 1. The molecule has 3 rings (SSSR count). The summed E-state index contributed by atoms with van der Waals surface area (Å²) in [7, 11) is 0. The number of rotatable bonds is 6. The molecule has 7 nitrogen and oxygen atoms in total. The van der Waals surface area contributed by atoms with Crippen molar-refractivity contribution in [3.63, 3.8) is 0 Å². The van der Waals surface area contributed by atoms with Crippen molar-refractivity contribution in [1.29, 1.82) is 0 Å². The Balaban J connectivity index is 1.49. The number of carbonyl (C=O) groups excluding carboxylic acids is 1. The van der Waals surface area contributed by atoms with Crippen LogP contribution in [0.25, 0.3) is 0 Å². The van der Waals surface area contributed by atoms with E-state index in [1.54, 1.807) is 11.0 Å². The first-order valence-electron chi connectivity index (χ1n) is 9.23. The molecule has 0 aliphatic carbocycles. The zero-order valence-corrected chi connectivity index (χ0v) is 15.8. The lowest BCUT2D eigenvalue weighted by atomic mass is 10.1. The van der Waals surface area contributed by atoms with Crippen LogP contribution in [0.2, 0.25) is 0 Å². The Morgan fingerprint density at radius 1 is 1.07 bits per heavy atom. The molecule has 1 saturated heterocycles. The Labute approximate surface area is 163 Å². The van der Waals surface area contributed by atoms with E-state index >= 15 is 0 Å². The first kappa shape index (κ1) is 19.5. The summed E-state index contributed by atoms with van der Waals surface area (Å²) < 4.78 is 5.70. The predicted molar refractivity (Wildman–Crippen MR) is 105 cm³/mol. The number of nitrogens with zero attached hydrogens (tertiary/aromatic N) is 2. The number of aryl methyl sites for hydroxylation is 1. The zero-order valence-electron chi connectivity index (χ0n) is 15.8. The minimum absolute atomic E-state index is 0.0464. The van der Waals surface area contributed by atoms with Crippen molar-refractivity contribution >= 4 is 17.6 Å². The van der Waals surface area contributed by atoms with E-state index in [9.17, 15) is 14.7 Å². The lowest BCUT2D eigenvalue weighted by Crippen LogP contribution is -2.49. The molecule has 28 heavy (non-hydrogen) atoms. The van der Waals surface area contributed by atoms with Crippen LogP contribution < -0.4 is 9.64 Å². The number of carboxylic acids is 1. The molecular weight excluding hydrogens is 360 g/mol. The van der Waals surface area contributed by atoms with Gasteiger partial charge >= 0.3 is 5.97 Å². The quantitative estimate of drug-likeness (QED) is 0.795. The highest BCUT2D eigenvalue weighted by Gasteiger charge is 2.22. The predicted octanol–water partition coefficient (Wildman–Crippen LogP) is 2.52. The molecule has 0 aromatic heterocycles. The third-order valence-corrected chi connectivity index (χ3v) is 4.88. The number of carboxylic acid groups (broad SMARTS) is 1. The lowest BCUT2D eigenvalue weighted by Gasteiger charge is -2.36. The number of aromatic hydroxyl groups is 1. The maximum absolute atomic E-state index is 12.4. The van der Waals surface area contributed by atoms with Crippen molar-refractivity contribution in [1.82, 2.24) is 4.90 Å². The molecule has 1 aliphatic rings. The molecule has 0 spiro atoms. The van der Waals surface area contributed by atoms with Gasteiger partial charge in [0.05, 0.1) is 13.0 Å². The molecule has 1 amide bonds. The summed E-state index contributed by atoms with van der Waals surface area (Å²) in [5.74, 6) is -0.576. The Morgan fingerprint density at radius 2 is 1.79 bits per heavy atom. The van der Waals surface area contributed by atoms with Crippen molar-refractivity contribution in [2.45, 2.75) is 13.3 Å². The van der Waals surface area contributed by atoms with Crippen molar-refractivity contribution in [3.8, 4) is 11.5 Å². The maximum atomic E-state index is 12.4.